The molecule has 0 aromatic heterocycles. The van der Waals surface area contributed by atoms with Gasteiger partial charge in [0.1, 0.15) is 0 Å². The third-order valence-electron chi connectivity index (χ3n) is 3.84. The third kappa shape index (κ3) is 2.90. The predicted octanol–water partition coefficient (Wildman–Crippen LogP) is 0.498. The topological polar surface area (TPSA) is 58.8 Å². The number of likely N-dealkylation sites (tertiary alicyclic amines) is 1. The van der Waals surface area contributed by atoms with Crippen LogP contribution >= 0.6 is 0 Å². The Bertz CT molecular complexity index is 266. The van der Waals surface area contributed by atoms with Crippen molar-refractivity contribution in [1.82, 2.24) is 9.80 Å². The first-order chi connectivity index (χ1) is 8.22. The van der Waals surface area contributed by atoms with Crippen LogP contribution in [0.15, 0.2) is 0 Å². The number of nitrogens with two attached hydrogens (primary N) is 1. The van der Waals surface area contributed by atoms with Crippen molar-refractivity contribution in [2.24, 2.45) is 11.7 Å². The second-order valence-corrected chi connectivity index (χ2v) is 5.06. The Morgan fingerprint density at radius 3 is 2.71 bits per heavy atom. The highest BCUT2D eigenvalue weighted by molar-refractivity contribution is 5.75. The van der Waals surface area contributed by atoms with E-state index < -0.39 is 0 Å². The van der Waals surface area contributed by atoms with Gasteiger partial charge in [0.05, 0.1) is 13.2 Å². The molecule has 0 bridgehead atoms. The number of amides is 2. The van der Waals surface area contributed by atoms with E-state index in [0.29, 0.717) is 31.7 Å². The smallest absolute Gasteiger partial charge is 0.320 e. The minimum Gasteiger partial charge on any atom is -0.378 e. The number of carbonyl (C=O) groups excluding carboxylic acids is 1. The highest BCUT2D eigenvalue weighted by atomic mass is 16.5. The van der Waals surface area contributed by atoms with Gasteiger partial charge in [-0.25, -0.2) is 4.79 Å². The minimum absolute atomic E-state index is 0.166. The van der Waals surface area contributed by atoms with E-state index in [1.807, 2.05) is 9.80 Å². The lowest BCUT2D eigenvalue weighted by atomic mass is 9.94. The van der Waals surface area contributed by atoms with Gasteiger partial charge in [0.25, 0.3) is 0 Å². The van der Waals surface area contributed by atoms with Gasteiger partial charge in [-0.2, -0.15) is 0 Å². The fourth-order valence-electron chi connectivity index (χ4n) is 2.58. The summed E-state index contributed by atoms with van der Waals surface area (Å²) in [6.45, 7) is 6.38. The summed E-state index contributed by atoms with van der Waals surface area (Å²) in [5, 5.41) is 0. The second kappa shape index (κ2) is 5.69. The quantitative estimate of drug-likeness (QED) is 0.727. The zero-order chi connectivity index (χ0) is 12.3. The van der Waals surface area contributed by atoms with Crippen molar-refractivity contribution in [1.29, 1.82) is 0 Å². The van der Waals surface area contributed by atoms with E-state index >= 15 is 0 Å². The molecule has 17 heavy (non-hydrogen) atoms. The summed E-state index contributed by atoms with van der Waals surface area (Å²) < 4.78 is 5.27. The molecule has 2 heterocycles. The number of carbonyl (C=O) groups is 1. The van der Waals surface area contributed by atoms with Crippen LogP contribution in [0.5, 0.6) is 0 Å². The van der Waals surface area contributed by atoms with Crippen molar-refractivity contribution < 1.29 is 9.53 Å². The zero-order valence-electron chi connectivity index (χ0n) is 10.6. The highest BCUT2D eigenvalue weighted by Crippen LogP contribution is 2.22. The van der Waals surface area contributed by atoms with E-state index in [1.54, 1.807) is 0 Å². The summed E-state index contributed by atoms with van der Waals surface area (Å²) in [7, 11) is 0. The molecule has 0 aliphatic carbocycles. The van der Waals surface area contributed by atoms with Crippen molar-refractivity contribution in [2.45, 2.75) is 25.8 Å². The van der Waals surface area contributed by atoms with E-state index in [0.717, 1.165) is 32.5 Å². The number of piperidine rings is 1. The first-order valence-electron chi connectivity index (χ1n) is 6.55. The van der Waals surface area contributed by atoms with Crippen LogP contribution in [0.3, 0.4) is 0 Å². The molecule has 2 saturated heterocycles. The Labute approximate surface area is 103 Å². The third-order valence-corrected chi connectivity index (χ3v) is 3.84. The molecule has 5 nitrogen and oxygen atoms in total. The summed E-state index contributed by atoms with van der Waals surface area (Å²) in [5.74, 6) is 0.469. The van der Waals surface area contributed by atoms with E-state index in [1.165, 1.54) is 0 Å². The molecule has 2 fully saturated rings. The van der Waals surface area contributed by atoms with Crippen LogP contribution in [0.1, 0.15) is 19.8 Å². The van der Waals surface area contributed by atoms with E-state index in [9.17, 15) is 4.79 Å². The van der Waals surface area contributed by atoms with E-state index in [-0.39, 0.29) is 6.03 Å². The van der Waals surface area contributed by atoms with Gasteiger partial charge in [-0.1, -0.05) is 0 Å². The van der Waals surface area contributed by atoms with Crippen molar-refractivity contribution in [2.75, 3.05) is 39.4 Å². The van der Waals surface area contributed by atoms with Crippen LogP contribution in [-0.4, -0.2) is 61.3 Å². The summed E-state index contributed by atoms with van der Waals surface area (Å²) >= 11 is 0. The Kier molecular flexibility index (Phi) is 4.23. The van der Waals surface area contributed by atoms with Crippen molar-refractivity contribution in [3.05, 3.63) is 0 Å². The lowest BCUT2D eigenvalue weighted by Gasteiger charge is -2.41. The van der Waals surface area contributed by atoms with Gasteiger partial charge in [-0.3, -0.25) is 0 Å². The summed E-state index contributed by atoms with van der Waals surface area (Å²) in [5.41, 5.74) is 5.72. The van der Waals surface area contributed by atoms with Gasteiger partial charge in [0, 0.05) is 25.7 Å². The lowest BCUT2D eigenvalue weighted by Crippen LogP contribution is -2.54. The normalized spacial score (nSPS) is 30.5. The fraction of sp³-hybridized carbons (Fsp3) is 0.917. The molecule has 0 radical (unpaired) electrons. The van der Waals surface area contributed by atoms with E-state index in [4.69, 9.17) is 10.5 Å². The van der Waals surface area contributed by atoms with Crippen LogP contribution < -0.4 is 5.73 Å². The molecular formula is C12H23N3O2. The van der Waals surface area contributed by atoms with Gasteiger partial charge in [0.2, 0.25) is 0 Å². The molecule has 2 aliphatic rings. The summed E-state index contributed by atoms with van der Waals surface area (Å²) in [6.07, 6.45) is 2.21. The molecule has 2 amide bonds. The molecule has 98 valence electrons. The standard InChI is InChI=1S/C12H23N3O2/c1-10-2-3-11(8-13)9-15(10)12(16)14-4-6-17-7-5-14/h10-11H,2-9,13H2,1H3. The summed E-state index contributed by atoms with van der Waals surface area (Å²) in [6, 6.07) is 0.507. The molecule has 5 heteroatoms. The monoisotopic (exact) mass is 241 g/mol. The number of rotatable bonds is 1. The molecule has 2 atom stereocenters. The van der Waals surface area contributed by atoms with Crippen molar-refractivity contribution >= 4 is 6.03 Å². The predicted molar refractivity (Wildman–Crippen MR) is 65.7 cm³/mol. The number of ether oxygens (including phenoxy) is 1. The fourth-order valence-corrected chi connectivity index (χ4v) is 2.58. The lowest BCUT2D eigenvalue weighted by molar-refractivity contribution is 0.0331. The van der Waals surface area contributed by atoms with Gasteiger partial charge >= 0.3 is 6.03 Å². The second-order valence-electron chi connectivity index (χ2n) is 5.06. The minimum atomic E-state index is 0.166. The zero-order valence-corrected chi connectivity index (χ0v) is 10.6. The highest BCUT2D eigenvalue weighted by Gasteiger charge is 2.31. The molecule has 2 aliphatic heterocycles. The maximum atomic E-state index is 12.4. The molecule has 0 aromatic carbocycles. The number of hydrogen-bond acceptors (Lipinski definition) is 3. The molecule has 2 N–H and O–H groups in total. The van der Waals surface area contributed by atoms with Crippen molar-refractivity contribution in [3.8, 4) is 0 Å². The average molecular weight is 241 g/mol. The molecule has 2 unspecified atom stereocenters. The molecule has 0 spiro atoms. The maximum Gasteiger partial charge on any atom is 0.320 e. The Balaban J connectivity index is 1.95. The maximum absolute atomic E-state index is 12.4. The molecular weight excluding hydrogens is 218 g/mol. The van der Waals surface area contributed by atoms with Crippen LogP contribution in [0.25, 0.3) is 0 Å². The van der Waals surface area contributed by atoms with Gasteiger partial charge in [0.15, 0.2) is 0 Å². The Hall–Kier alpha value is -0.810. The van der Waals surface area contributed by atoms with Crippen molar-refractivity contribution in [3.63, 3.8) is 0 Å². The number of urea groups is 1. The Morgan fingerprint density at radius 1 is 1.35 bits per heavy atom. The first kappa shape index (κ1) is 12.6. The average Bonchev–Trinajstić information content (AvgIpc) is 2.39. The van der Waals surface area contributed by atoms with E-state index in [2.05, 4.69) is 6.92 Å². The summed E-state index contributed by atoms with van der Waals surface area (Å²) in [4.78, 5) is 16.3. The largest absolute Gasteiger partial charge is 0.378 e. The molecule has 0 aromatic rings. The van der Waals surface area contributed by atoms with Gasteiger partial charge < -0.3 is 20.3 Å². The Morgan fingerprint density at radius 2 is 2.06 bits per heavy atom. The SMILES string of the molecule is CC1CCC(CN)CN1C(=O)N1CCOCC1. The van der Waals surface area contributed by atoms with Gasteiger partial charge in [-0.05, 0) is 32.2 Å². The molecule has 0 saturated carbocycles. The number of morpholine rings is 1. The van der Waals surface area contributed by atoms with Crippen LogP contribution in [-0.2, 0) is 4.74 Å². The first-order valence-corrected chi connectivity index (χ1v) is 6.55. The van der Waals surface area contributed by atoms with Crippen LogP contribution in [0, 0.1) is 5.92 Å². The van der Waals surface area contributed by atoms with Gasteiger partial charge in [-0.15, -0.1) is 0 Å². The number of nitrogens with zero attached hydrogens (tertiary/aromatic N) is 2. The van der Waals surface area contributed by atoms with Crippen LogP contribution in [0.2, 0.25) is 0 Å². The van der Waals surface area contributed by atoms with Crippen LogP contribution in [0.4, 0.5) is 4.79 Å². The molecule has 2 rings (SSSR count). The number of hydrogen-bond donors (Lipinski definition) is 1.